The van der Waals surface area contributed by atoms with Crippen molar-refractivity contribution in [2.45, 2.75) is 44.4 Å². The molecule has 0 N–H and O–H groups in total. The first-order valence-electron chi connectivity index (χ1n) is 10.7. The second-order valence-corrected chi connectivity index (χ2v) is 9.89. The number of Topliss-reactive ketones (excluding diaryl/α,β-unsaturated/α-hetero) is 1. The van der Waals surface area contributed by atoms with Crippen LogP contribution in [0.2, 0.25) is 0 Å². The molecule has 0 spiro atoms. The van der Waals surface area contributed by atoms with Crippen LogP contribution in [-0.4, -0.2) is 43.9 Å². The zero-order valence-electron chi connectivity index (χ0n) is 18.6. The number of rotatable bonds is 6. The molecular weight excluding hydrogens is 449 g/mol. The summed E-state index contributed by atoms with van der Waals surface area (Å²) in [5.41, 5.74) is 3.40. The zero-order chi connectivity index (χ0) is 22.1. The van der Waals surface area contributed by atoms with Gasteiger partial charge >= 0.3 is 0 Å². The fraction of sp³-hybridized carbons (Fsp3) is 0.458. The molecule has 172 valence electrons. The Morgan fingerprint density at radius 2 is 1.97 bits per heavy atom. The van der Waals surface area contributed by atoms with Gasteiger partial charge in [0.25, 0.3) is 0 Å². The Kier molecular flexibility index (Phi) is 7.96. The molecule has 0 amide bonds. The first kappa shape index (κ1) is 24.7. The van der Waals surface area contributed by atoms with Crippen molar-refractivity contribution in [3.63, 3.8) is 0 Å². The van der Waals surface area contributed by atoms with Gasteiger partial charge in [0.05, 0.1) is 17.4 Å². The molecule has 0 bridgehead atoms. The first-order chi connectivity index (χ1) is 14.8. The minimum absolute atomic E-state index is 0. The number of piperidine rings is 1. The molecule has 1 aliphatic carbocycles. The Bertz CT molecular complexity index is 1030. The van der Waals surface area contributed by atoms with Crippen molar-refractivity contribution < 1.29 is 14.0 Å². The minimum atomic E-state index is -0.589. The number of halogens is 2. The van der Waals surface area contributed by atoms with Gasteiger partial charge in [-0.25, -0.2) is 4.39 Å². The fourth-order valence-electron chi connectivity index (χ4n) is 4.35. The number of carbonyl (C=O) groups excluding carboxylic acids is 2. The first-order valence-corrected chi connectivity index (χ1v) is 11.6. The van der Waals surface area contributed by atoms with E-state index in [1.165, 1.54) is 17.8 Å². The summed E-state index contributed by atoms with van der Waals surface area (Å²) >= 11 is 1.33. The van der Waals surface area contributed by atoms with Crippen LogP contribution in [0.5, 0.6) is 0 Å². The Balaban J connectivity index is 0.00000289. The molecule has 1 aromatic carbocycles. The maximum Gasteiger partial charge on any atom is 0.186 e. The van der Waals surface area contributed by atoms with E-state index in [1.54, 1.807) is 25.1 Å². The third-order valence-electron chi connectivity index (χ3n) is 5.97. The van der Waals surface area contributed by atoms with E-state index in [9.17, 15) is 14.0 Å². The van der Waals surface area contributed by atoms with E-state index in [0.29, 0.717) is 18.7 Å². The van der Waals surface area contributed by atoms with Crippen molar-refractivity contribution in [2.24, 2.45) is 13.0 Å². The molecule has 1 aliphatic heterocycles. The summed E-state index contributed by atoms with van der Waals surface area (Å²) < 4.78 is 16.6. The second-order valence-electron chi connectivity index (χ2n) is 8.51. The minimum Gasteiger partial charge on any atom is -0.297 e. The molecule has 4 rings (SSSR count). The number of thioether (sulfide) groups is 1. The molecule has 0 radical (unpaired) electrons. The van der Waals surface area contributed by atoms with Crippen molar-refractivity contribution in [3.8, 4) is 0 Å². The van der Waals surface area contributed by atoms with E-state index in [1.807, 2.05) is 24.7 Å². The number of hydrogen-bond donors (Lipinski definition) is 0. The molecule has 1 aromatic heterocycles. The van der Waals surface area contributed by atoms with Crippen LogP contribution in [0.3, 0.4) is 0 Å². The molecule has 2 aliphatic rings. The predicted molar refractivity (Wildman–Crippen MR) is 128 cm³/mol. The zero-order valence-corrected chi connectivity index (χ0v) is 20.2. The summed E-state index contributed by atoms with van der Waals surface area (Å²) in [6.45, 7) is 4.69. The Labute approximate surface area is 198 Å². The smallest absolute Gasteiger partial charge is 0.186 e. The van der Waals surface area contributed by atoms with E-state index in [0.717, 1.165) is 36.2 Å². The standard InChI is InChI=1S/C24H28FN3O2S.ClH/c1-15-12-19(27(3)26-15)13-18-14-28(11-10-22(18)31-16(2)29)23(24(30)17-8-9-17)20-6-4-5-7-21(20)25;/h4-7,12-13,17,22-23H,8-11,14H2,1-3H3;1H. The summed E-state index contributed by atoms with van der Waals surface area (Å²) in [5.74, 6) is -0.200. The van der Waals surface area contributed by atoms with Crippen LogP contribution < -0.4 is 0 Å². The predicted octanol–water partition coefficient (Wildman–Crippen LogP) is 4.75. The van der Waals surface area contributed by atoms with Gasteiger partial charge in [-0.1, -0.05) is 30.0 Å². The van der Waals surface area contributed by atoms with Gasteiger partial charge in [-0.2, -0.15) is 5.10 Å². The molecular formula is C24H29ClFN3O2S. The number of ketones is 1. The number of likely N-dealkylation sites (tertiary alicyclic amines) is 1. The fourth-order valence-corrected chi connectivity index (χ4v) is 5.27. The lowest BCUT2D eigenvalue weighted by Gasteiger charge is -2.38. The molecule has 1 saturated carbocycles. The highest BCUT2D eigenvalue weighted by Crippen LogP contribution is 2.40. The van der Waals surface area contributed by atoms with Crippen molar-refractivity contribution in [1.82, 2.24) is 14.7 Å². The molecule has 1 saturated heterocycles. The molecule has 8 heteroatoms. The number of hydrogen-bond acceptors (Lipinski definition) is 5. The lowest BCUT2D eigenvalue weighted by molar-refractivity contribution is -0.126. The van der Waals surface area contributed by atoms with Crippen molar-refractivity contribution in [1.29, 1.82) is 0 Å². The Morgan fingerprint density at radius 3 is 2.56 bits per heavy atom. The molecule has 32 heavy (non-hydrogen) atoms. The van der Waals surface area contributed by atoms with Crippen LogP contribution in [0, 0.1) is 18.7 Å². The number of aromatic nitrogens is 2. The molecule has 2 atom stereocenters. The van der Waals surface area contributed by atoms with Crippen molar-refractivity contribution in [2.75, 3.05) is 13.1 Å². The van der Waals surface area contributed by atoms with Gasteiger partial charge in [-0.05, 0) is 50.0 Å². The lowest BCUT2D eigenvalue weighted by atomic mass is 9.93. The van der Waals surface area contributed by atoms with E-state index in [-0.39, 0.29) is 40.3 Å². The van der Waals surface area contributed by atoms with E-state index in [2.05, 4.69) is 16.1 Å². The van der Waals surface area contributed by atoms with Crippen LogP contribution in [0.25, 0.3) is 6.08 Å². The average molecular weight is 478 g/mol. The van der Waals surface area contributed by atoms with E-state index < -0.39 is 6.04 Å². The van der Waals surface area contributed by atoms with Gasteiger partial charge in [0.1, 0.15) is 5.82 Å². The quantitative estimate of drug-likeness (QED) is 0.601. The number of carbonyl (C=O) groups is 2. The summed E-state index contributed by atoms with van der Waals surface area (Å²) in [4.78, 5) is 27.2. The van der Waals surface area contributed by atoms with Gasteiger partial charge in [0.2, 0.25) is 0 Å². The monoisotopic (exact) mass is 477 g/mol. The topological polar surface area (TPSA) is 55.2 Å². The largest absolute Gasteiger partial charge is 0.297 e. The van der Waals surface area contributed by atoms with Crippen LogP contribution in [0.15, 0.2) is 35.9 Å². The highest BCUT2D eigenvalue weighted by atomic mass is 35.5. The molecule has 2 aromatic rings. The number of nitrogens with zero attached hydrogens (tertiary/aromatic N) is 3. The maximum atomic E-state index is 14.7. The summed E-state index contributed by atoms with van der Waals surface area (Å²) in [6.07, 6.45) is 4.58. The van der Waals surface area contributed by atoms with Gasteiger partial charge < -0.3 is 0 Å². The van der Waals surface area contributed by atoms with Gasteiger partial charge in [-0.3, -0.25) is 19.2 Å². The van der Waals surface area contributed by atoms with Gasteiger partial charge in [0.15, 0.2) is 10.9 Å². The van der Waals surface area contributed by atoms with Gasteiger partial charge in [-0.15, -0.1) is 12.4 Å². The average Bonchev–Trinajstić information content (AvgIpc) is 3.51. The van der Waals surface area contributed by atoms with Crippen LogP contribution in [0.4, 0.5) is 4.39 Å². The molecule has 2 heterocycles. The number of aryl methyl sites for hydroxylation is 2. The highest BCUT2D eigenvalue weighted by molar-refractivity contribution is 8.14. The SMILES string of the molecule is CC(=O)SC1CCN(C(C(=O)C2CC2)c2ccccc2F)CC1=Cc1cc(C)nn1C.Cl. The van der Waals surface area contributed by atoms with Crippen molar-refractivity contribution >= 4 is 41.1 Å². The van der Waals surface area contributed by atoms with Crippen molar-refractivity contribution in [3.05, 3.63) is 58.7 Å². The summed E-state index contributed by atoms with van der Waals surface area (Å²) in [7, 11) is 1.89. The van der Waals surface area contributed by atoms with Gasteiger partial charge in [0, 0.05) is 43.8 Å². The summed E-state index contributed by atoms with van der Waals surface area (Å²) in [6, 6.07) is 8.02. The third-order valence-corrected chi connectivity index (χ3v) is 7.13. The molecule has 5 nitrogen and oxygen atoms in total. The molecule has 2 unspecified atom stereocenters. The van der Waals surface area contributed by atoms with Crippen LogP contribution in [0.1, 0.15) is 49.2 Å². The Morgan fingerprint density at radius 1 is 1.25 bits per heavy atom. The van der Waals surface area contributed by atoms with E-state index in [4.69, 9.17) is 0 Å². The Hall–Kier alpha value is -1.96. The highest BCUT2D eigenvalue weighted by Gasteiger charge is 2.41. The number of benzene rings is 1. The lowest BCUT2D eigenvalue weighted by Crippen LogP contribution is -2.43. The third kappa shape index (κ3) is 5.50. The van der Waals surface area contributed by atoms with Crippen LogP contribution >= 0.6 is 24.2 Å². The summed E-state index contributed by atoms with van der Waals surface area (Å²) in [5, 5.41) is 4.53. The normalized spacial score (nSPS) is 21.2. The van der Waals surface area contributed by atoms with Crippen LogP contribution in [-0.2, 0) is 16.6 Å². The van der Waals surface area contributed by atoms with E-state index >= 15 is 0 Å². The second kappa shape index (κ2) is 10.3. The maximum absolute atomic E-state index is 14.7. The molecule has 2 fully saturated rings.